The molecule has 0 unspecified atom stereocenters. The van der Waals surface area contributed by atoms with Crippen molar-refractivity contribution in [2.24, 2.45) is 0 Å². The predicted molar refractivity (Wildman–Crippen MR) is 78.7 cm³/mol. The maximum atomic E-state index is 12.1. The number of hydrogen-bond donors (Lipinski definition) is 0. The summed E-state index contributed by atoms with van der Waals surface area (Å²) < 4.78 is 28.0. The Hall–Kier alpha value is -1.37. The molecule has 1 aromatic rings. The average Bonchev–Trinajstić information content (AvgIpc) is 2.77. The van der Waals surface area contributed by atoms with Gasteiger partial charge in [-0.1, -0.05) is 20.8 Å². The second kappa shape index (κ2) is 5.44. The Morgan fingerprint density at radius 3 is 2.62 bits per heavy atom. The minimum Gasteiger partial charge on any atom is -0.445 e. The van der Waals surface area contributed by atoms with Crippen molar-refractivity contribution in [2.45, 2.75) is 45.6 Å². The van der Waals surface area contributed by atoms with E-state index in [1.54, 1.807) is 4.90 Å². The lowest BCUT2D eigenvalue weighted by Crippen LogP contribution is -2.36. The molecule has 0 atom stereocenters. The summed E-state index contributed by atoms with van der Waals surface area (Å²) in [6.45, 7) is 7.03. The number of amides is 1. The molecule has 0 fully saturated rings. The van der Waals surface area contributed by atoms with E-state index in [0.717, 1.165) is 17.7 Å². The van der Waals surface area contributed by atoms with E-state index in [1.807, 2.05) is 20.8 Å². The molecule has 0 N–H and O–H groups in total. The molecule has 6 nitrogen and oxygen atoms in total. The van der Waals surface area contributed by atoms with Crippen LogP contribution in [-0.2, 0) is 33.0 Å². The van der Waals surface area contributed by atoms with Gasteiger partial charge < -0.3 is 9.32 Å². The van der Waals surface area contributed by atoms with Gasteiger partial charge in [0, 0.05) is 31.1 Å². The number of sulfone groups is 1. The number of oxazole rings is 1. The summed E-state index contributed by atoms with van der Waals surface area (Å²) >= 11 is 0. The van der Waals surface area contributed by atoms with Crippen molar-refractivity contribution in [3.8, 4) is 0 Å². The third kappa shape index (κ3) is 4.06. The normalized spacial score (nSPS) is 15.9. The first-order chi connectivity index (χ1) is 9.56. The Balaban J connectivity index is 2.05. The van der Waals surface area contributed by atoms with Crippen LogP contribution in [0.4, 0.5) is 0 Å². The van der Waals surface area contributed by atoms with Gasteiger partial charge in [0.05, 0.1) is 12.3 Å². The zero-order chi connectivity index (χ0) is 15.8. The number of carbonyl (C=O) groups is 1. The van der Waals surface area contributed by atoms with E-state index in [1.165, 1.54) is 0 Å². The average molecular weight is 314 g/mol. The zero-order valence-electron chi connectivity index (χ0n) is 13.0. The molecule has 0 aliphatic carbocycles. The second-order valence-corrected chi connectivity index (χ2v) is 8.84. The number of hydrogen-bond acceptors (Lipinski definition) is 5. The molecular formula is C14H22N2O4S. The lowest BCUT2D eigenvalue weighted by atomic mass is 9.97. The molecule has 0 saturated heterocycles. The molecule has 0 bridgehead atoms. The maximum Gasteiger partial charge on any atom is 0.223 e. The van der Waals surface area contributed by atoms with E-state index in [9.17, 15) is 13.2 Å². The summed E-state index contributed by atoms with van der Waals surface area (Å²) in [6, 6.07) is 0. The lowest BCUT2D eigenvalue weighted by Gasteiger charge is -2.25. The quantitative estimate of drug-likeness (QED) is 0.840. The van der Waals surface area contributed by atoms with Gasteiger partial charge in [-0.3, -0.25) is 4.79 Å². The molecule has 0 saturated carbocycles. The van der Waals surface area contributed by atoms with Crippen molar-refractivity contribution < 1.29 is 17.6 Å². The fraction of sp³-hybridized carbons (Fsp3) is 0.714. The zero-order valence-corrected chi connectivity index (χ0v) is 13.8. The van der Waals surface area contributed by atoms with Gasteiger partial charge in [-0.05, 0) is 0 Å². The lowest BCUT2D eigenvalue weighted by molar-refractivity contribution is -0.131. The number of rotatable bonds is 3. The van der Waals surface area contributed by atoms with Gasteiger partial charge in [-0.15, -0.1) is 0 Å². The summed E-state index contributed by atoms with van der Waals surface area (Å²) in [5.74, 6) is 1.26. The number of fused-ring (bicyclic) bond motifs is 1. The second-order valence-electron chi connectivity index (χ2n) is 6.58. The molecule has 2 rings (SSSR count). The molecule has 1 aliphatic heterocycles. The van der Waals surface area contributed by atoms with Crippen LogP contribution in [0.25, 0.3) is 0 Å². The van der Waals surface area contributed by atoms with Crippen molar-refractivity contribution in [3.05, 3.63) is 17.3 Å². The summed E-state index contributed by atoms with van der Waals surface area (Å²) in [7, 11) is -3.12. The minimum absolute atomic E-state index is 0.0259. The van der Waals surface area contributed by atoms with Gasteiger partial charge in [0.2, 0.25) is 5.91 Å². The Bertz CT molecular complexity index is 640. The molecule has 1 aromatic heterocycles. The highest BCUT2D eigenvalue weighted by molar-refractivity contribution is 7.90. The Morgan fingerprint density at radius 1 is 1.38 bits per heavy atom. The molecule has 2 heterocycles. The first kappa shape index (κ1) is 16.0. The van der Waals surface area contributed by atoms with Crippen LogP contribution in [-0.4, -0.2) is 42.8 Å². The number of aromatic nitrogens is 1. The van der Waals surface area contributed by atoms with Crippen LogP contribution in [0.3, 0.4) is 0 Å². The standard InChI is InChI=1S/C14H22N2O4S/c1-14(2,3)13-15-10-9-16(7-5-11(10)20-13)12(17)6-8-21(4,18)19/h5-9H2,1-4H3. The first-order valence-corrected chi connectivity index (χ1v) is 9.07. The molecule has 0 spiro atoms. The molecule has 7 heteroatoms. The summed E-state index contributed by atoms with van der Waals surface area (Å²) in [4.78, 5) is 18.2. The van der Waals surface area contributed by atoms with E-state index < -0.39 is 9.84 Å². The molecule has 1 aliphatic rings. The molecule has 0 radical (unpaired) electrons. The van der Waals surface area contributed by atoms with E-state index in [2.05, 4.69) is 4.98 Å². The Morgan fingerprint density at radius 2 is 2.05 bits per heavy atom. The van der Waals surface area contributed by atoms with Crippen molar-refractivity contribution in [1.82, 2.24) is 9.88 Å². The minimum atomic E-state index is -3.12. The maximum absolute atomic E-state index is 12.1. The topological polar surface area (TPSA) is 80.5 Å². The van der Waals surface area contributed by atoms with Gasteiger partial charge in [0.15, 0.2) is 5.89 Å². The van der Waals surface area contributed by atoms with Gasteiger partial charge in [0.25, 0.3) is 0 Å². The summed E-state index contributed by atoms with van der Waals surface area (Å²) in [5.41, 5.74) is 0.626. The van der Waals surface area contributed by atoms with Crippen molar-refractivity contribution in [3.63, 3.8) is 0 Å². The third-order valence-corrected chi connectivity index (χ3v) is 4.35. The number of nitrogens with zero attached hydrogens (tertiary/aromatic N) is 2. The van der Waals surface area contributed by atoms with Crippen LogP contribution in [0.1, 0.15) is 44.5 Å². The molecule has 1 amide bonds. The molecule has 118 valence electrons. The smallest absolute Gasteiger partial charge is 0.223 e. The van der Waals surface area contributed by atoms with Crippen LogP contribution in [0, 0.1) is 0 Å². The van der Waals surface area contributed by atoms with E-state index >= 15 is 0 Å². The summed E-state index contributed by atoms with van der Waals surface area (Å²) in [6.07, 6.45) is 1.79. The van der Waals surface area contributed by atoms with Crippen LogP contribution in [0.5, 0.6) is 0 Å². The van der Waals surface area contributed by atoms with Gasteiger partial charge in [-0.25, -0.2) is 13.4 Å². The summed E-state index contributed by atoms with van der Waals surface area (Å²) in [5, 5.41) is 0. The fourth-order valence-corrected chi connectivity index (χ4v) is 2.71. The van der Waals surface area contributed by atoms with E-state index in [-0.39, 0.29) is 23.5 Å². The van der Waals surface area contributed by atoms with Gasteiger partial charge in [0.1, 0.15) is 21.3 Å². The monoisotopic (exact) mass is 314 g/mol. The van der Waals surface area contributed by atoms with Gasteiger partial charge in [-0.2, -0.15) is 0 Å². The first-order valence-electron chi connectivity index (χ1n) is 7.01. The fourth-order valence-electron chi connectivity index (χ4n) is 2.16. The van der Waals surface area contributed by atoms with Gasteiger partial charge >= 0.3 is 0 Å². The van der Waals surface area contributed by atoms with Crippen LogP contribution < -0.4 is 0 Å². The van der Waals surface area contributed by atoms with Crippen LogP contribution >= 0.6 is 0 Å². The van der Waals surface area contributed by atoms with E-state index in [0.29, 0.717) is 25.4 Å². The van der Waals surface area contributed by atoms with Crippen molar-refractivity contribution >= 4 is 15.7 Å². The highest BCUT2D eigenvalue weighted by Gasteiger charge is 2.29. The molecule has 21 heavy (non-hydrogen) atoms. The van der Waals surface area contributed by atoms with Crippen molar-refractivity contribution in [1.29, 1.82) is 0 Å². The predicted octanol–water partition coefficient (Wildman–Crippen LogP) is 1.29. The largest absolute Gasteiger partial charge is 0.445 e. The molecular weight excluding hydrogens is 292 g/mol. The SMILES string of the molecule is CC(C)(C)c1nc2c(o1)CCN(C(=O)CCS(C)(=O)=O)C2. The van der Waals surface area contributed by atoms with E-state index in [4.69, 9.17) is 4.42 Å². The van der Waals surface area contributed by atoms with Crippen LogP contribution in [0.15, 0.2) is 4.42 Å². The Kier molecular flexibility index (Phi) is 4.15. The highest BCUT2D eigenvalue weighted by atomic mass is 32.2. The third-order valence-electron chi connectivity index (χ3n) is 3.41. The number of carbonyl (C=O) groups excluding carboxylic acids is 1. The van der Waals surface area contributed by atoms with Crippen LogP contribution in [0.2, 0.25) is 0 Å². The van der Waals surface area contributed by atoms with Crippen molar-refractivity contribution in [2.75, 3.05) is 18.6 Å². The Labute approximate surface area is 125 Å². The molecule has 0 aromatic carbocycles. The highest BCUT2D eigenvalue weighted by Crippen LogP contribution is 2.27.